The second-order valence-corrected chi connectivity index (χ2v) is 8.73. The first-order valence-electron chi connectivity index (χ1n) is 5.16. The maximum Gasteiger partial charge on any atom is 0.183 e. The lowest BCUT2D eigenvalue weighted by atomic mass is 10.2. The molecule has 0 N–H and O–H groups in total. The molecule has 2 nitrogen and oxygen atoms in total. The normalized spacial score (nSPS) is 10.8. The van der Waals surface area contributed by atoms with Crippen molar-refractivity contribution in [3.05, 3.63) is 18.6 Å². The molecule has 0 unspecified atom stereocenters. The van der Waals surface area contributed by atoms with Crippen LogP contribution in [-0.4, -0.2) is 21.5 Å². The van der Waals surface area contributed by atoms with E-state index in [0.717, 1.165) is 32.5 Å². The van der Waals surface area contributed by atoms with Crippen LogP contribution in [0.15, 0.2) is 18.6 Å². The summed E-state index contributed by atoms with van der Waals surface area (Å²) in [6, 6.07) is 0. The molecule has 0 aliphatic rings. The molecular formula is C11H22O2Si. The fourth-order valence-corrected chi connectivity index (χ4v) is 1.72. The minimum atomic E-state index is -1.29. The average Bonchev–Trinajstić information content (AvgIpc) is 2.08. The summed E-state index contributed by atoms with van der Waals surface area (Å²) in [7, 11) is -1.29. The Bertz CT molecular complexity index is 178. The molecule has 14 heavy (non-hydrogen) atoms. The minimum Gasteiger partial charge on any atom is -0.493 e. The Labute approximate surface area is 88.7 Å². The van der Waals surface area contributed by atoms with Crippen molar-refractivity contribution in [1.82, 2.24) is 0 Å². The van der Waals surface area contributed by atoms with E-state index in [4.69, 9.17) is 9.16 Å². The van der Waals surface area contributed by atoms with Gasteiger partial charge in [0.2, 0.25) is 0 Å². The lowest BCUT2D eigenvalue weighted by Crippen LogP contribution is -2.25. The summed E-state index contributed by atoms with van der Waals surface area (Å²) in [5, 5.41) is 0. The van der Waals surface area contributed by atoms with Crippen molar-refractivity contribution < 1.29 is 9.16 Å². The zero-order valence-electron chi connectivity index (χ0n) is 9.64. The van der Waals surface area contributed by atoms with E-state index >= 15 is 0 Å². The lowest BCUT2D eigenvalue weighted by molar-refractivity contribution is 0.233. The maximum atomic E-state index is 5.72. The maximum absolute atomic E-state index is 5.72. The zero-order chi connectivity index (χ0) is 10.9. The van der Waals surface area contributed by atoms with Crippen molar-refractivity contribution in [3.8, 4) is 0 Å². The third-order valence-electron chi connectivity index (χ3n) is 1.61. The zero-order valence-corrected chi connectivity index (χ0v) is 10.6. The van der Waals surface area contributed by atoms with E-state index in [1.165, 1.54) is 6.26 Å². The first-order chi connectivity index (χ1) is 6.56. The Morgan fingerprint density at radius 2 is 1.79 bits per heavy atom. The highest BCUT2D eigenvalue weighted by atomic mass is 28.4. The molecule has 0 aromatic heterocycles. The fraction of sp³-hybridized carbons (Fsp3) is 0.727. The molecule has 0 saturated carbocycles. The van der Waals surface area contributed by atoms with Crippen LogP contribution in [0.1, 0.15) is 19.3 Å². The lowest BCUT2D eigenvalue weighted by Gasteiger charge is -2.16. The topological polar surface area (TPSA) is 18.5 Å². The van der Waals surface area contributed by atoms with Crippen LogP contribution in [0.5, 0.6) is 0 Å². The highest BCUT2D eigenvalue weighted by Crippen LogP contribution is 2.05. The van der Waals surface area contributed by atoms with E-state index in [1.54, 1.807) is 0 Å². The van der Waals surface area contributed by atoms with E-state index in [1.807, 2.05) is 0 Å². The smallest absolute Gasteiger partial charge is 0.183 e. The summed E-state index contributed by atoms with van der Waals surface area (Å²) in [5.41, 5.74) is 2.57. The van der Waals surface area contributed by atoms with Crippen LogP contribution in [0.4, 0.5) is 0 Å². The molecule has 0 rings (SSSR count). The molecule has 0 aromatic rings. The molecule has 3 heteroatoms. The Balaban J connectivity index is 3.10. The molecule has 0 heterocycles. The van der Waals surface area contributed by atoms with E-state index in [9.17, 15) is 0 Å². The van der Waals surface area contributed by atoms with Gasteiger partial charge in [-0.1, -0.05) is 12.3 Å². The average molecular weight is 214 g/mol. The monoisotopic (exact) mass is 214 g/mol. The fourth-order valence-electron chi connectivity index (χ4n) is 0.960. The van der Waals surface area contributed by atoms with Crippen LogP contribution in [0, 0.1) is 0 Å². The van der Waals surface area contributed by atoms with Gasteiger partial charge in [-0.15, -0.1) is 0 Å². The molecular weight excluding hydrogens is 192 g/mol. The summed E-state index contributed by atoms with van der Waals surface area (Å²) < 4.78 is 10.8. The molecule has 0 bridgehead atoms. The number of hydrogen-bond acceptors (Lipinski definition) is 2. The summed E-state index contributed by atoms with van der Waals surface area (Å²) in [6.07, 6.45) is 4.88. The standard InChI is InChI=1S/C11H22O2Si/c1-5-9-12-10-7-6-8-11-13-14(2,3)4/h9H,1,6-8,10-11H2,2-4H3. The van der Waals surface area contributed by atoms with Crippen molar-refractivity contribution >= 4 is 8.32 Å². The summed E-state index contributed by atoms with van der Waals surface area (Å²) in [4.78, 5) is 0. The molecule has 82 valence electrons. The van der Waals surface area contributed by atoms with Crippen molar-refractivity contribution in [1.29, 1.82) is 0 Å². The highest BCUT2D eigenvalue weighted by Gasteiger charge is 2.12. The van der Waals surface area contributed by atoms with Crippen LogP contribution in [0.3, 0.4) is 0 Å². The second kappa shape index (κ2) is 7.86. The van der Waals surface area contributed by atoms with Gasteiger partial charge in [-0.25, -0.2) is 0 Å². The Hall–Kier alpha value is -0.503. The Morgan fingerprint density at radius 1 is 1.14 bits per heavy atom. The van der Waals surface area contributed by atoms with Gasteiger partial charge in [0.05, 0.1) is 6.61 Å². The van der Waals surface area contributed by atoms with Gasteiger partial charge in [-0.3, -0.25) is 0 Å². The summed E-state index contributed by atoms with van der Waals surface area (Å²) in [5.74, 6) is 0. The number of rotatable bonds is 8. The van der Waals surface area contributed by atoms with Crippen LogP contribution >= 0.6 is 0 Å². The van der Waals surface area contributed by atoms with Crippen LogP contribution < -0.4 is 0 Å². The quantitative estimate of drug-likeness (QED) is 0.267. The van der Waals surface area contributed by atoms with E-state index < -0.39 is 8.32 Å². The first kappa shape index (κ1) is 13.5. The number of unbranched alkanes of at least 4 members (excludes halogenated alkanes) is 2. The van der Waals surface area contributed by atoms with Crippen molar-refractivity contribution in [2.75, 3.05) is 13.2 Å². The number of hydrogen-bond donors (Lipinski definition) is 0. The molecule has 0 spiro atoms. The van der Waals surface area contributed by atoms with Crippen LogP contribution in [-0.2, 0) is 9.16 Å². The van der Waals surface area contributed by atoms with Crippen LogP contribution in [0.2, 0.25) is 19.6 Å². The number of ether oxygens (including phenoxy) is 1. The molecule has 0 saturated heterocycles. The van der Waals surface area contributed by atoms with Gasteiger partial charge >= 0.3 is 0 Å². The van der Waals surface area contributed by atoms with Crippen LogP contribution in [0.25, 0.3) is 0 Å². The Kier molecular flexibility index (Phi) is 7.58. The molecule has 0 radical (unpaired) electrons. The van der Waals surface area contributed by atoms with Gasteiger partial charge in [-0.2, -0.15) is 0 Å². The van der Waals surface area contributed by atoms with E-state index in [0.29, 0.717) is 0 Å². The molecule has 0 aliphatic heterocycles. The van der Waals surface area contributed by atoms with Crippen molar-refractivity contribution in [3.63, 3.8) is 0 Å². The molecule has 0 atom stereocenters. The van der Waals surface area contributed by atoms with Gasteiger partial charge < -0.3 is 9.16 Å². The van der Waals surface area contributed by atoms with Gasteiger partial charge in [-0.05, 0) is 38.9 Å². The van der Waals surface area contributed by atoms with Gasteiger partial charge in [0.1, 0.15) is 6.26 Å². The Morgan fingerprint density at radius 3 is 2.36 bits per heavy atom. The third kappa shape index (κ3) is 11.5. The molecule has 0 amide bonds. The van der Waals surface area contributed by atoms with Crippen molar-refractivity contribution in [2.24, 2.45) is 0 Å². The predicted molar refractivity (Wildman–Crippen MR) is 62.8 cm³/mol. The summed E-state index contributed by atoms with van der Waals surface area (Å²) in [6.45, 7) is 11.7. The predicted octanol–water partition coefficient (Wildman–Crippen LogP) is 3.32. The largest absolute Gasteiger partial charge is 0.493 e. The third-order valence-corrected chi connectivity index (χ3v) is 2.68. The summed E-state index contributed by atoms with van der Waals surface area (Å²) >= 11 is 0. The minimum absolute atomic E-state index is 0.759. The van der Waals surface area contributed by atoms with Crippen molar-refractivity contribution in [2.45, 2.75) is 38.9 Å². The van der Waals surface area contributed by atoms with Gasteiger partial charge in [0.25, 0.3) is 0 Å². The SMILES string of the molecule is C=C=COCCCCCO[Si](C)(C)C. The van der Waals surface area contributed by atoms with Gasteiger partial charge in [0, 0.05) is 6.61 Å². The van der Waals surface area contributed by atoms with E-state index in [2.05, 4.69) is 32.0 Å². The molecule has 0 aromatic carbocycles. The van der Waals surface area contributed by atoms with Gasteiger partial charge in [0.15, 0.2) is 8.32 Å². The second-order valence-electron chi connectivity index (χ2n) is 4.21. The highest BCUT2D eigenvalue weighted by molar-refractivity contribution is 6.69. The molecule has 0 fully saturated rings. The first-order valence-corrected chi connectivity index (χ1v) is 8.57. The molecule has 0 aliphatic carbocycles. The van der Waals surface area contributed by atoms with E-state index in [-0.39, 0.29) is 0 Å².